The van der Waals surface area contributed by atoms with Crippen LogP contribution >= 0.6 is 0 Å². The number of nitrogens with one attached hydrogen (secondary N) is 3. The molecule has 2 aliphatic carbocycles. The topological polar surface area (TPSA) is 87.3 Å². The van der Waals surface area contributed by atoms with Crippen LogP contribution < -0.4 is 15.4 Å². The Morgan fingerprint density at radius 1 is 0.933 bits per heavy atom. The van der Waals surface area contributed by atoms with E-state index in [4.69, 9.17) is 0 Å². The molecule has 3 N–H and O–H groups in total. The molecule has 6 nitrogen and oxygen atoms in total. The van der Waals surface area contributed by atoms with Crippen LogP contribution in [-0.2, 0) is 10.0 Å². The maximum Gasteiger partial charge on any atom is 0.251 e. The maximum absolute atomic E-state index is 12.4. The maximum atomic E-state index is 12.4. The molecule has 2 aliphatic rings. The Bertz CT molecular complexity index is 778. The summed E-state index contributed by atoms with van der Waals surface area (Å²) >= 11 is 0. The van der Waals surface area contributed by atoms with E-state index in [9.17, 15) is 13.2 Å². The van der Waals surface area contributed by atoms with E-state index < -0.39 is 10.0 Å². The molecule has 0 aromatic heterocycles. The zero-order chi connectivity index (χ0) is 21.6. The van der Waals surface area contributed by atoms with Crippen LogP contribution in [-0.4, -0.2) is 38.2 Å². The predicted molar refractivity (Wildman–Crippen MR) is 122 cm³/mol. The third-order valence-electron chi connectivity index (χ3n) is 6.48. The summed E-state index contributed by atoms with van der Waals surface area (Å²) in [5.41, 5.74) is 1.73. The van der Waals surface area contributed by atoms with Crippen molar-refractivity contribution in [1.82, 2.24) is 10.0 Å². The van der Waals surface area contributed by atoms with Crippen molar-refractivity contribution in [1.29, 1.82) is 0 Å². The van der Waals surface area contributed by atoms with Gasteiger partial charge in [-0.15, -0.1) is 0 Å². The zero-order valence-corrected chi connectivity index (χ0v) is 19.1. The van der Waals surface area contributed by atoms with Gasteiger partial charge in [0.05, 0.1) is 5.25 Å². The van der Waals surface area contributed by atoms with Gasteiger partial charge in [-0.05, 0) is 82.6 Å². The van der Waals surface area contributed by atoms with Gasteiger partial charge in [-0.25, -0.2) is 13.1 Å². The molecular weight excluding hydrogens is 398 g/mol. The van der Waals surface area contributed by atoms with Crippen molar-refractivity contribution in [3.63, 3.8) is 0 Å². The van der Waals surface area contributed by atoms with Crippen LogP contribution in [0.3, 0.4) is 0 Å². The number of amides is 1. The number of hydrogen-bond acceptors (Lipinski definition) is 4. The van der Waals surface area contributed by atoms with Gasteiger partial charge in [0, 0.05) is 29.9 Å². The largest absolute Gasteiger partial charge is 0.385 e. The van der Waals surface area contributed by atoms with Crippen molar-refractivity contribution in [3.05, 3.63) is 29.8 Å². The van der Waals surface area contributed by atoms with Crippen LogP contribution in [0.15, 0.2) is 24.3 Å². The second kappa shape index (κ2) is 10.6. The average Bonchev–Trinajstić information content (AvgIpc) is 2.74. The summed E-state index contributed by atoms with van der Waals surface area (Å²) in [4.78, 5) is 12.4. The normalized spacial score (nSPS) is 23.3. The fourth-order valence-electron chi connectivity index (χ4n) is 4.37. The van der Waals surface area contributed by atoms with Gasteiger partial charge in [-0.3, -0.25) is 4.79 Å². The predicted octanol–water partition coefficient (Wildman–Crippen LogP) is 4.05. The van der Waals surface area contributed by atoms with E-state index in [0.717, 1.165) is 50.8 Å². The molecule has 3 rings (SSSR count). The molecule has 2 fully saturated rings. The molecule has 0 radical (unpaired) electrons. The molecule has 0 unspecified atom stereocenters. The molecule has 168 valence electrons. The number of carbonyl (C=O) groups excluding carboxylic acids is 1. The van der Waals surface area contributed by atoms with Crippen LogP contribution in [0.5, 0.6) is 0 Å². The third kappa shape index (κ3) is 6.71. The monoisotopic (exact) mass is 435 g/mol. The van der Waals surface area contributed by atoms with Crippen molar-refractivity contribution >= 4 is 21.6 Å². The first kappa shape index (κ1) is 23.1. The molecule has 1 amide bonds. The lowest BCUT2D eigenvalue weighted by Gasteiger charge is -2.29. The highest BCUT2D eigenvalue weighted by Gasteiger charge is 2.26. The van der Waals surface area contributed by atoms with Gasteiger partial charge in [0.1, 0.15) is 0 Å². The van der Waals surface area contributed by atoms with Gasteiger partial charge in [0.25, 0.3) is 5.91 Å². The Balaban J connectivity index is 1.40. The van der Waals surface area contributed by atoms with Crippen LogP contribution in [0.4, 0.5) is 5.69 Å². The lowest BCUT2D eigenvalue weighted by molar-refractivity contribution is 0.0927. The van der Waals surface area contributed by atoms with Crippen molar-refractivity contribution in [2.24, 2.45) is 5.92 Å². The summed E-state index contributed by atoms with van der Waals surface area (Å²) in [5.74, 6) is 0.565. The molecule has 0 atom stereocenters. The molecule has 7 heteroatoms. The Hall–Kier alpha value is -1.60. The van der Waals surface area contributed by atoms with Crippen LogP contribution in [0.2, 0.25) is 0 Å². The fraction of sp³-hybridized carbons (Fsp3) is 0.696. The van der Waals surface area contributed by atoms with Crippen LogP contribution in [0.25, 0.3) is 0 Å². The van der Waals surface area contributed by atoms with Crippen molar-refractivity contribution < 1.29 is 13.2 Å². The van der Waals surface area contributed by atoms with E-state index >= 15 is 0 Å². The molecule has 0 heterocycles. The first-order valence-corrected chi connectivity index (χ1v) is 13.0. The smallest absolute Gasteiger partial charge is 0.251 e. The SMILES string of the molecule is CC(C)S(=O)(=O)N[C@H]1CC[C@H](CNc2ccc(C(=O)NC3CCCCC3)cc2)CC1. The summed E-state index contributed by atoms with van der Waals surface area (Å²) in [6, 6.07) is 8.10. The minimum absolute atomic E-state index is 0.0237. The molecule has 0 saturated heterocycles. The minimum atomic E-state index is -3.19. The Morgan fingerprint density at radius 3 is 2.17 bits per heavy atom. The molecule has 1 aromatic rings. The first-order valence-electron chi connectivity index (χ1n) is 11.5. The van der Waals surface area contributed by atoms with E-state index in [1.807, 2.05) is 24.3 Å². The second-order valence-electron chi connectivity index (χ2n) is 9.20. The molecule has 30 heavy (non-hydrogen) atoms. The highest BCUT2D eigenvalue weighted by molar-refractivity contribution is 7.90. The molecular formula is C23H37N3O3S. The fourth-order valence-corrected chi connectivity index (χ4v) is 5.34. The average molecular weight is 436 g/mol. The quantitative estimate of drug-likeness (QED) is 0.575. The minimum Gasteiger partial charge on any atom is -0.385 e. The first-order chi connectivity index (χ1) is 14.3. The molecule has 0 aliphatic heterocycles. The van der Waals surface area contributed by atoms with Crippen molar-refractivity contribution in [2.45, 2.75) is 89.0 Å². The highest BCUT2D eigenvalue weighted by atomic mass is 32.2. The Kier molecular flexibility index (Phi) is 8.17. The number of anilines is 1. The number of carbonyl (C=O) groups is 1. The zero-order valence-electron chi connectivity index (χ0n) is 18.3. The highest BCUT2D eigenvalue weighted by Crippen LogP contribution is 2.26. The van der Waals surface area contributed by atoms with Gasteiger partial charge in [-0.1, -0.05) is 19.3 Å². The third-order valence-corrected chi connectivity index (χ3v) is 8.38. The number of sulfonamides is 1. The Labute approximate surface area is 181 Å². The van der Waals surface area contributed by atoms with Crippen molar-refractivity contribution in [2.75, 3.05) is 11.9 Å². The molecule has 2 saturated carbocycles. The van der Waals surface area contributed by atoms with Crippen molar-refractivity contribution in [3.8, 4) is 0 Å². The van der Waals surface area contributed by atoms with Gasteiger partial charge in [-0.2, -0.15) is 0 Å². The summed E-state index contributed by atoms with van der Waals surface area (Å²) in [5, 5.41) is 6.25. The Morgan fingerprint density at radius 2 is 1.57 bits per heavy atom. The molecule has 0 spiro atoms. The summed E-state index contributed by atoms with van der Waals surface area (Å²) in [7, 11) is -3.19. The van der Waals surface area contributed by atoms with Crippen LogP contribution in [0, 0.1) is 5.92 Å². The van der Waals surface area contributed by atoms with Gasteiger partial charge < -0.3 is 10.6 Å². The number of rotatable bonds is 8. The lowest BCUT2D eigenvalue weighted by atomic mass is 9.86. The van der Waals surface area contributed by atoms with Gasteiger partial charge in [0.2, 0.25) is 10.0 Å². The number of benzene rings is 1. The van der Waals surface area contributed by atoms with E-state index in [1.165, 1.54) is 19.3 Å². The standard InChI is InChI=1S/C23H37N3O3S/c1-17(2)30(28,29)26-22-12-8-18(9-13-22)16-24-20-14-10-19(11-15-20)23(27)25-21-6-4-3-5-7-21/h10-11,14-15,17-18,21-22,24,26H,3-9,12-13,16H2,1-2H3,(H,25,27)/t18-,22-. The summed E-state index contributed by atoms with van der Waals surface area (Å²) in [6.07, 6.45) is 9.68. The molecule has 0 bridgehead atoms. The van der Waals surface area contributed by atoms with Gasteiger partial charge in [0.15, 0.2) is 0 Å². The lowest BCUT2D eigenvalue weighted by Crippen LogP contribution is -2.41. The number of hydrogen-bond donors (Lipinski definition) is 3. The molecule has 1 aromatic carbocycles. The van der Waals surface area contributed by atoms with E-state index in [2.05, 4.69) is 15.4 Å². The van der Waals surface area contributed by atoms with E-state index in [0.29, 0.717) is 17.5 Å². The summed E-state index contributed by atoms with van der Waals surface area (Å²) in [6.45, 7) is 4.29. The van der Waals surface area contributed by atoms with Crippen LogP contribution in [0.1, 0.15) is 82.0 Å². The summed E-state index contributed by atoms with van der Waals surface area (Å²) < 4.78 is 26.9. The second-order valence-corrected chi connectivity index (χ2v) is 11.5. The van der Waals surface area contributed by atoms with E-state index in [1.54, 1.807) is 13.8 Å². The van der Waals surface area contributed by atoms with E-state index in [-0.39, 0.29) is 17.2 Å². The van der Waals surface area contributed by atoms with Gasteiger partial charge >= 0.3 is 0 Å².